The van der Waals surface area contributed by atoms with Crippen molar-refractivity contribution in [1.82, 2.24) is 4.72 Å². The van der Waals surface area contributed by atoms with Crippen molar-refractivity contribution in [3.05, 3.63) is 29.6 Å². The van der Waals surface area contributed by atoms with Crippen molar-refractivity contribution in [3.63, 3.8) is 0 Å². The van der Waals surface area contributed by atoms with Crippen molar-refractivity contribution in [2.45, 2.75) is 56.0 Å². The fourth-order valence-electron chi connectivity index (χ4n) is 2.56. The van der Waals surface area contributed by atoms with E-state index in [0.29, 0.717) is 0 Å². The van der Waals surface area contributed by atoms with Crippen molar-refractivity contribution < 1.29 is 12.8 Å². The standard InChI is InChI=1S/C14H21FN2O2S/c15-14-8-7-13(9-11(14)10-16)20(18,19)17-12-5-3-1-2-4-6-12/h7-9,12,17H,1-6,10,16H2. The summed E-state index contributed by atoms with van der Waals surface area (Å²) in [4.78, 5) is 0.0867. The maximum atomic E-state index is 13.4. The van der Waals surface area contributed by atoms with Crippen LogP contribution in [0.3, 0.4) is 0 Å². The Kier molecular flexibility index (Phi) is 5.12. The fraction of sp³-hybridized carbons (Fsp3) is 0.571. The van der Waals surface area contributed by atoms with Gasteiger partial charge < -0.3 is 5.73 Å². The summed E-state index contributed by atoms with van der Waals surface area (Å²) in [6, 6.07) is 3.74. The molecule has 1 aliphatic carbocycles. The first-order chi connectivity index (χ1) is 9.53. The van der Waals surface area contributed by atoms with Crippen LogP contribution in [0.2, 0.25) is 0 Å². The minimum atomic E-state index is -3.60. The molecule has 6 heteroatoms. The quantitative estimate of drug-likeness (QED) is 0.838. The molecule has 0 aliphatic heterocycles. The lowest BCUT2D eigenvalue weighted by Gasteiger charge is -2.16. The van der Waals surface area contributed by atoms with Crippen LogP contribution in [-0.2, 0) is 16.6 Å². The molecular weight excluding hydrogens is 279 g/mol. The zero-order valence-electron chi connectivity index (χ0n) is 11.4. The highest BCUT2D eigenvalue weighted by molar-refractivity contribution is 7.89. The topological polar surface area (TPSA) is 72.2 Å². The summed E-state index contributed by atoms with van der Waals surface area (Å²) in [5.74, 6) is -0.471. The van der Waals surface area contributed by atoms with Gasteiger partial charge in [-0.2, -0.15) is 0 Å². The van der Waals surface area contributed by atoms with Gasteiger partial charge in [0.25, 0.3) is 0 Å². The van der Waals surface area contributed by atoms with Crippen LogP contribution in [-0.4, -0.2) is 14.5 Å². The Hall–Kier alpha value is -0.980. The van der Waals surface area contributed by atoms with Gasteiger partial charge in [0, 0.05) is 18.2 Å². The van der Waals surface area contributed by atoms with Crippen molar-refractivity contribution in [1.29, 1.82) is 0 Å². The lowest BCUT2D eigenvalue weighted by atomic mass is 10.1. The summed E-state index contributed by atoms with van der Waals surface area (Å²) < 4.78 is 40.7. The molecular formula is C14H21FN2O2S. The van der Waals surface area contributed by atoms with Crippen LogP contribution in [0.25, 0.3) is 0 Å². The highest BCUT2D eigenvalue weighted by Gasteiger charge is 2.21. The summed E-state index contributed by atoms with van der Waals surface area (Å²) in [5.41, 5.74) is 5.63. The number of benzene rings is 1. The highest BCUT2D eigenvalue weighted by atomic mass is 32.2. The number of rotatable bonds is 4. The molecule has 0 heterocycles. The van der Waals surface area contributed by atoms with E-state index < -0.39 is 15.8 Å². The summed E-state index contributed by atoms with van der Waals surface area (Å²) >= 11 is 0. The summed E-state index contributed by atoms with van der Waals surface area (Å²) in [5, 5.41) is 0. The largest absolute Gasteiger partial charge is 0.326 e. The van der Waals surface area contributed by atoms with Crippen LogP contribution in [0.1, 0.15) is 44.1 Å². The number of nitrogens with two attached hydrogens (primary N) is 1. The Labute approximate surface area is 119 Å². The van der Waals surface area contributed by atoms with E-state index in [1.165, 1.54) is 12.1 Å². The van der Waals surface area contributed by atoms with Gasteiger partial charge in [-0.1, -0.05) is 25.7 Å². The third kappa shape index (κ3) is 3.77. The van der Waals surface area contributed by atoms with Gasteiger partial charge in [-0.05, 0) is 31.0 Å². The van der Waals surface area contributed by atoms with Gasteiger partial charge in [0.1, 0.15) is 5.82 Å². The van der Waals surface area contributed by atoms with Crippen molar-refractivity contribution in [2.24, 2.45) is 5.73 Å². The Morgan fingerprint density at radius 3 is 2.45 bits per heavy atom. The average Bonchev–Trinajstić information content (AvgIpc) is 2.67. The van der Waals surface area contributed by atoms with Gasteiger partial charge in [0.15, 0.2) is 0 Å². The van der Waals surface area contributed by atoms with Crippen LogP contribution in [0.5, 0.6) is 0 Å². The normalized spacial score (nSPS) is 17.9. The predicted octanol–water partition coefficient (Wildman–Crippen LogP) is 2.29. The molecule has 4 nitrogen and oxygen atoms in total. The number of hydrogen-bond acceptors (Lipinski definition) is 3. The zero-order chi connectivity index (χ0) is 14.6. The highest BCUT2D eigenvalue weighted by Crippen LogP contribution is 2.20. The lowest BCUT2D eigenvalue weighted by molar-refractivity contribution is 0.509. The van der Waals surface area contributed by atoms with E-state index in [-0.39, 0.29) is 23.0 Å². The second kappa shape index (κ2) is 6.65. The molecule has 0 unspecified atom stereocenters. The molecule has 2 rings (SSSR count). The van der Waals surface area contributed by atoms with Gasteiger partial charge in [0.05, 0.1) is 4.90 Å². The van der Waals surface area contributed by atoms with Crippen molar-refractivity contribution >= 4 is 10.0 Å². The maximum Gasteiger partial charge on any atom is 0.240 e. The van der Waals surface area contributed by atoms with Crippen molar-refractivity contribution in [3.8, 4) is 0 Å². The molecule has 0 spiro atoms. The molecule has 3 N–H and O–H groups in total. The number of sulfonamides is 1. The zero-order valence-corrected chi connectivity index (χ0v) is 12.3. The van der Waals surface area contributed by atoms with Crippen LogP contribution in [0, 0.1) is 5.82 Å². The minimum absolute atomic E-state index is 0.0153. The van der Waals surface area contributed by atoms with Crippen LogP contribution >= 0.6 is 0 Å². The molecule has 0 atom stereocenters. The van der Waals surface area contributed by atoms with E-state index in [1.807, 2.05) is 0 Å². The van der Waals surface area contributed by atoms with E-state index in [0.717, 1.165) is 44.6 Å². The monoisotopic (exact) mass is 300 g/mol. The van der Waals surface area contributed by atoms with Gasteiger partial charge in [-0.25, -0.2) is 17.5 Å². The van der Waals surface area contributed by atoms with E-state index in [4.69, 9.17) is 5.73 Å². The summed E-state index contributed by atoms with van der Waals surface area (Å²) in [6.07, 6.45) is 6.14. The van der Waals surface area contributed by atoms with Crippen LogP contribution < -0.4 is 10.5 Å². The first-order valence-electron chi connectivity index (χ1n) is 7.04. The van der Waals surface area contributed by atoms with Crippen molar-refractivity contribution in [2.75, 3.05) is 0 Å². The lowest BCUT2D eigenvalue weighted by Crippen LogP contribution is -2.34. The van der Waals surface area contributed by atoms with E-state index in [1.54, 1.807) is 0 Å². The Bertz CT molecular complexity index is 552. The van der Waals surface area contributed by atoms with Crippen LogP contribution in [0.4, 0.5) is 4.39 Å². The van der Waals surface area contributed by atoms with Gasteiger partial charge >= 0.3 is 0 Å². The molecule has 112 valence electrons. The molecule has 1 aromatic carbocycles. The molecule has 0 aromatic heterocycles. The van der Waals surface area contributed by atoms with E-state index >= 15 is 0 Å². The van der Waals surface area contributed by atoms with E-state index in [9.17, 15) is 12.8 Å². The smallest absolute Gasteiger partial charge is 0.240 e. The Morgan fingerprint density at radius 2 is 1.85 bits per heavy atom. The third-order valence-electron chi connectivity index (χ3n) is 3.72. The van der Waals surface area contributed by atoms with Gasteiger partial charge in [-0.3, -0.25) is 0 Å². The number of hydrogen-bond donors (Lipinski definition) is 2. The van der Waals surface area contributed by atoms with E-state index in [2.05, 4.69) is 4.72 Å². The molecule has 20 heavy (non-hydrogen) atoms. The molecule has 0 saturated heterocycles. The number of halogens is 1. The van der Waals surface area contributed by atoms with Gasteiger partial charge in [0.2, 0.25) is 10.0 Å². The summed E-state index contributed by atoms with van der Waals surface area (Å²) in [7, 11) is -3.60. The average molecular weight is 300 g/mol. The third-order valence-corrected chi connectivity index (χ3v) is 5.24. The predicted molar refractivity (Wildman–Crippen MR) is 76.1 cm³/mol. The van der Waals surface area contributed by atoms with Crippen LogP contribution in [0.15, 0.2) is 23.1 Å². The van der Waals surface area contributed by atoms with Gasteiger partial charge in [-0.15, -0.1) is 0 Å². The molecule has 0 bridgehead atoms. The SMILES string of the molecule is NCc1cc(S(=O)(=O)NC2CCCCCC2)ccc1F. The number of nitrogens with one attached hydrogen (secondary N) is 1. The second-order valence-electron chi connectivity index (χ2n) is 5.27. The Balaban J connectivity index is 2.17. The maximum absolute atomic E-state index is 13.4. The summed E-state index contributed by atoms with van der Waals surface area (Å²) in [6.45, 7) is -0.0153. The first kappa shape index (κ1) is 15.4. The molecule has 1 aromatic rings. The Morgan fingerprint density at radius 1 is 1.20 bits per heavy atom. The fourth-order valence-corrected chi connectivity index (χ4v) is 3.91. The molecule has 1 aliphatic rings. The second-order valence-corrected chi connectivity index (χ2v) is 6.98. The molecule has 0 radical (unpaired) electrons. The molecule has 1 fully saturated rings. The molecule has 1 saturated carbocycles. The minimum Gasteiger partial charge on any atom is -0.326 e. The first-order valence-corrected chi connectivity index (χ1v) is 8.52. The molecule has 0 amide bonds.